The lowest BCUT2D eigenvalue weighted by Gasteiger charge is -2.30. The van der Waals surface area contributed by atoms with E-state index < -0.39 is 0 Å². The summed E-state index contributed by atoms with van der Waals surface area (Å²) in [4.78, 5) is 13.5. The summed E-state index contributed by atoms with van der Waals surface area (Å²) in [6.07, 6.45) is 4.78. The number of rotatable bonds is 5. The molecule has 1 atom stereocenters. The molecule has 1 saturated heterocycles. The highest BCUT2D eigenvalue weighted by atomic mass is 16.2. The average Bonchev–Trinajstić information content (AvgIpc) is 2.63. The van der Waals surface area contributed by atoms with Crippen molar-refractivity contribution >= 4 is 5.91 Å². The van der Waals surface area contributed by atoms with Crippen LogP contribution in [0.3, 0.4) is 0 Å². The van der Waals surface area contributed by atoms with Crippen molar-refractivity contribution in [2.24, 2.45) is 5.73 Å². The van der Waals surface area contributed by atoms with Crippen LogP contribution in [0.1, 0.15) is 37.9 Å². The van der Waals surface area contributed by atoms with E-state index in [-0.39, 0.29) is 18.5 Å². The van der Waals surface area contributed by atoms with Gasteiger partial charge in [-0.2, -0.15) is 0 Å². The van der Waals surface area contributed by atoms with Crippen LogP contribution in [0.4, 0.5) is 0 Å². The normalized spacial score (nSPS) is 16.7. The van der Waals surface area contributed by atoms with E-state index in [2.05, 4.69) is 17.2 Å². The first kappa shape index (κ1) is 12.0. The maximum atomic E-state index is 11.7. The number of nitrogens with two attached hydrogens (primary N) is 1. The third-order valence-electron chi connectivity index (χ3n) is 3.04. The van der Waals surface area contributed by atoms with Crippen molar-refractivity contribution in [2.45, 2.75) is 38.8 Å². The maximum absolute atomic E-state index is 11.7. The molecule has 6 nitrogen and oxygen atoms in total. The van der Waals surface area contributed by atoms with Crippen LogP contribution in [0.5, 0.6) is 0 Å². The van der Waals surface area contributed by atoms with Crippen LogP contribution in [-0.2, 0) is 11.3 Å². The second kappa shape index (κ2) is 5.27. The van der Waals surface area contributed by atoms with Crippen molar-refractivity contribution in [3.05, 3.63) is 11.9 Å². The van der Waals surface area contributed by atoms with Crippen LogP contribution >= 0.6 is 0 Å². The molecule has 0 bridgehead atoms. The van der Waals surface area contributed by atoms with Crippen molar-refractivity contribution in [3.8, 4) is 0 Å². The summed E-state index contributed by atoms with van der Waals surface area (Å²) in [6.45, 7) is 4.09. The summed E-state index contributed by atoms with van der Waals surface area (Å²) in [6, 6.07) is -0.0761. The van der Waals surface area contributed by atoms with Crippen molar-refractivity contribution < 1.29 is 4.79 Å². The highest BCUT2D eigenvalue weighted by molar-refractivity contribution is 5.76. The highest BCUT2D eigenvalue weighted by Crippen LogP contribution is 2.12. The van der Waals surface area contributed by atoms with Crippen LogP contribution in [0.2, 0.25) is 0 Å². The van der Waals surface area contributed by atoms with Gasteiger partial charge in [0.1, 0.15) is 6.54 Å². The molecule has 1 fully saturated rings. The zero-order valence-electron chi connectivity index (χ0n) is 10.2. The van der Waals surface area contributed by atoms with Crippen LogP contribution in [0.25, 0.3) is 0 Å². The molecule has 94 valence electrons. The minimum Gasteiger partial charge on any atom is -0.341 e. The molecule has 1 aromatic heterocycles. The number of amides is 1. The minimum atomic E-state index is -0.0761. The first-order valence-electron chi connectivity index (χ1n) is 6.14. The smallest absolute Gasteiger partial charge is 0.244 e. The van der Waals surface area contributed by atoms with Gasteiger partial charge in [-0.15, -0.1) is 5.10 Å². The third kappa shape index (κ3) is 2.82. The molecule has 6 heteroatoms. The molecule has 2 N–H and O–H groups in total. The topological polar surface area (TPSA) is 77.0 Å². The Morgan fingerprint density at radius 2 is 2.35 bits per heavy atom. The van der Waals surface area contributed by atoms with Gasteiger partial charge in [0, 0.05) is 13.1 Å². The average molecular weight is 237 g/mol. The zero-order chi connectivity index (χ0) is 12.3. The molecule has 0 aliphatic carbocycles. The zero-order valence-corrected chi connectivity index (χ0v) is 10.2. The lowest BCUT2D eigenvalue weighted by Crippen LogP contribution is -2.43. The standard InChI is InChI=1S/C11H19N5O/c1-2-4-9(12)10-7-16(14-13-10)8-11(17)15-5-3-6-15/h7,9H,2-6,8,12H2,1H3. The lowest BCUT2D eigenvalue weighted by atomic mass is 10.1. The molecule has 0 spiro atoms. The fourth-order valence-electron chi connectivity index (χ4n) is 1.82. The van der Waals surface area contributed by atoms with Crippen molar-refractivity contribution in [1.82, 2.24) is 19.9 Å². The molecule has 1 aliphatic rings. The molecule has 0 aromatic carbocycles. The van der Waals surface area contributed by atoms with Crippen LogP contribution in [0.15, 0.2) is 6.20 Å². The van der Waals surface area contributed by atoms with Gasteiger partial charge >= 0.3 is 0 Å². The summed E-state index contributed by atoms with van der Waals surface area (Å²) in [5, 5.41) is 7.95. The summed E-state index contributed by atoms with van der Waals surface area (Å²) in [7, 11) is 0. The second-order valence-corrected chi connectivity index (χ2v) is 4.47. The Morgan fingerprint density at radius 1 is 1.59 bits per heavy atom. The number of likely N-dealkylation sites (tertiary alicyclic amines) is 1. The monoisotopic (exact) mass is 237 g/mol. The Hall–Kier alpha value is -1.43. The van der Waals surface area contributed by atoms with Crippen molar-refractivity contribution in [2.75, 3.05) is 13.1 Å². The second-order valence-electron chi connectivity index (χ2n) is 4.47. The molecule has 2 rings (SSSR count). The van der Waals surface area contributed by atoms with Gasteiger partial charge in [-0.05, 0) is 12.8 Å². The van der Waals surface area contributed by atoms with Crippen molar-refractivity contribution in [1.29, 1.82) is 0 Å². The predicted molar refractivity (Wildman–Crippen MR) is 63.1 cm³/mol. The molecule has 0 radical (unpaired) electrons. The predicted octanol–water partition coefficient (Wildman–Crippen LogP) is 0.310. The van der Waals surface area contributed by atoms with Gasteiger partial charge in [0.05, 0.1) is 17.9 Å². The molecule has 1 aromatic rings. The molecular formula is C11H19N5O. The fourth-order valence-corrected chi connectivity index (χ4v) is 1.82. The summed E-state index contributed by atoms with van der Waals surface area (Å²) >= 11 is 0. The Kier molecular flexibility index (Phi) is 3.73. The number of aromatic nitrogens is 3. The van der Waals surface area contributed by atoms with Gasteiger partial charge in [-0.3, -0.25) is 4.79 Å². The summed E-state index contributed by atoms with van der Waals surface area (Å²) < 4.78 is 1.57. The number of carbonyl (C=O) groups excluding carboxylic acids is 1. The van der Waals surface area contributed by atoms with E-state index in [9.17, 15) is 4.79 Å². The summed E-state index contributed by atoms with van der Waals surface area (Å²) in [5.41, 5.74) is 6.70. The van der Waals surface area contributed by atoms with E-state index in [1.807, 2.05) is 4.90 Å². The van der Waals surface area contributed by atoms with E-state index in [1.54, 1.807) is 10.9 Å². The maximum Gasteiger partial charge on any atom is 0.244 e. The molecule has 17 heavy (non-hydrogen) atoms. The fraction of sp³-hybridized carbons (Fsp3) is 0.727. The van der Waals surface area contributed by atoms with Crippen LogP contribution in [0, 0.1) is 0 Å². The molecule has 2 heterocycles. The van der Waals surface area contributed by atoms with Gasteiger partial charge in [-0.1, -0.05) is 18.6 Å². The SMILES string of the molecule is CCCC(N)c1cn(CC(=O)N2CCC2)nn1. The molecular weight excluding hydrogens is 218 g/mol. The molecule has 1 unspecified atom stereocenters. The van der Waals surface area contributed by atoms with Gasteiger partial charge in [0.15, 0.2) is 0 Å². The first-order chi connectivity index (χ1) is 8.20. The van der Waals surface area contributed by atoms with Gasteiger partial charge < -0.3 is 10.6 Å². The number of hydrogen-bond donors (Lipinski definition) is 1. The first-order valence-corrected chi connectivity index (χ1v) is 6.14. The number of hydrogen-bond acceptors (Lipinski definition) is 4. The Labute approximate surface area is 101 Å². The van der Waals surface area contributed by atoms with E-state index >= 15 is 0 Å². The minimum absolute atomic E-state index is 0.0761. The molecule has 1 aliphatic heterocycles. The van der Waals surface area contributed by atoms with E-state index in [4.69, 9.17) is 5.73 Å². The van der Waals surface area contributed by atoms with Gasteiger partial charge in [-0.25, -0.2) is 4.68 Å². The molecule has 1 amide bonds. The summed E-state index contributed by atoms with van der Waals surface area (Å²) in [5.74, 6) is 0.108. The highest BCUT2D eigenvalue weighted by Gasteiger charge is 2.21. The number of nitrogens with zero attached hydrogens (tertiary/aromatic N) is 4. The van der Waals surface area contributed by atoms with Crippen LogP contribution in [-0.4, -0.2) is 38.9 Å². The Bertz CT molecular complexity index is 385. The molecule has 0 saturated carbocycles. The lowest BCUT2D eigenvalue weighted by molar-refractivity contribution is -0.135. The van der Waals surface area contributed by atoms with Gasteiger partial charge in [0.2, 0.25) is 5.91 Å². The van der Waals surface area contributed by atoms with E-state index in [1.165, 1.54) is 0 Å². The van der Waals surface area contributed by atoms with Gasteiger partial charge in [0.25, 0.3) is 0 Å². The van der Waals surface area contributed by atoms with Crippen LogP contribution < -0.4 is 5.73 Å². The Balaban J connectivity index is 1.91. The largest absolute Gasteiger partial charge is 0.341 e. The van der Waals surface area contributed by atoms with Crippen molar-refractivity contribution in [3.63, 3.8) is 0 Å². The van der Waals surface area contributed by atoms with E-state index in [0.29, 0.717) is 0 Å². The quantitative estimate of drug-likeness (QED) is 0.799. The Morgan fingerprint density at radius 3 is 2.94 bits per heavy atom. The van der Waals surface area contributed by atoms with E-state index in [0.717, 1.165) is 38.0 Å². The third-order valence-corrected chi connectivity index (χ3v) is 3.04. The number of carbonyl (C=O) groups is 1.